The number of nitrogens with one attached hydrogen (secondary N) is 6. The molecule has 0 aliphatic carbocycles. The number of benzene rings is 3. The third-order valence-corrected chi connectivity index (χ3v) is 11.6. The molecule has 0 unspecified atom stereocenters. The van der Waals surface area contributed by atoms with E-state index in [9.17, 15) is 24.0 Å². The van der Waals surface area contributed by atoms with Crippen LogP contribution in [-0.4, -0.2) is 77.3 Å². The molecule has 0 saturated carbocycles. The highest BCUT2D eigenvalue weighted by molar-refractivity contribution is 7.17. The molecule has 5 aromatic rings. The number of nitrogens with two attached hydrogens (primary N) is 2. The van der Waals surface area contributed by atoms with E-state index < -0.39 is 59.2 Å². The third kappa shape index (κ3) is 9.44. The minimum Gasteiger partial charge on any atom is -0.368 e. The van der Waals surface area contributed by atoms with Crippen LogP contribution in [0.2, 0.25) is 0 Å². The maximum atomic E-state index is 14.6. The average Bonchev–Trinajstić information content (AvgIpc) is 3.81. The Kier molecular flexibility index (Phi) is 12.8. The first-order valence-corrected chi connectivity index (χ1v) is 19.9. The van der Waals surface area contributed by atoms with Crippen LogP contribution in [0.5, 0.6) is 0 Å². The highest BCUT2D eigenvalue weighted by Crippen LogP contribution is 2.27. The standard InChI is InChI=1S/C42H50N8O5S/c1-25(2)36(43)40(54)49-34(22-28-24-56-35-15-9-7-13-30(28)35)38(52)48-33(21-27-23-46-31-14-8-6-12-29(27)31)37(51)47-32(20-26-10-4-3-5-11-26)39(53)50-42(41(44)55)16-18-45-19-17-42/h3-15,23-25,32-34,36,45-46H,16-22,43H2,1-2H3,(H2,44,55)(H,47,51)(H,48,52)(H,49,54)(H,50,53)/t32-,33+,34+,36+/m0/s1. The van der Waals surface area contributed by atoms with Crippen molar-refractivity contribution in [1.29, 1.82) is 0 Å². The summed E-state index contributed by atoms with van der Waals surface area (Å²) in [5.41, 5.74) is 14.0. The number of hydrogen-bond acceptors (Lipinski definition) is 8. The molecule has 3 aromatic carbocycles. The fourth-order valence-electron chi connectivity index (χ4n) is 7.13. The first-order valence-electron chi connectivity index (χ1n) is 19.0. The van der Waals surface area contributed by atoms with Gasteiger partial charge in [0.2, 0.25) is 29.5 Å². The number of aromatic nitrogens is 1. The van der Waals surface area contributed by atoms with Gasteiger partial charge in [-0.3, -0.25) is 24.0 Å². The predicted octanol–water partition coefficient (Wildman–Crippen LogP) is 2.57. The van der Waals surface area contributed by atoms with E-state index in [1.165, 1.54) is 11.3 Å². The Bertz CT molecular complexity index is 2180. The summed E-state index contributed by atoms with van der Waals surface area (Å²) in [7, 11) is 0. The van der Waals surface area contributed by atoms with Crippen LogP contribution in [0.3, 0.4) is 0 Å². The zero-order chi connectivity index (χ0) is 39.8. The number of fused-ring (bicyclic) bond motifs is 2. The molecule has 0 spiro atoms. The minimum absolute atomic E-state index is 0.0612. The van der Waals surface area contributed by atoms with Gasteiger partial charge in [-0.05, 0) is 71.4 Å². The van der Waals surface area contributed by atoms with Gasteiger partial charge in [-0.25, -0.2) is 0 Å². The Labute approximate surface area is 329 Å². The molecule has 1 fully saturated rings. The van der Waals surface area contributed by atoms with Crippen molar-refractivity contribution in [1.82, 2.24) is 31.6 Å². The molecule has 10 N–H and O–H groups in total. The van der Waals surface area contributed by atoms with Crippen molar-refractivity contribution in [2.75, 3.05) is 13.1 Å². The molecule has 294 valence electrons. The van der Waals surface area contributed by atoms with Crippen LogP contribution in [0.15, 0.2) is 90.4 Å². The second kappa shape index (κ2) is 17.9. The molecule has 0 bridgehead atoms. The lowest BCUT2D eigenvalue weighted by Gasteiger charge is -2.36. The highest BCUT2D eigenvalue weighted by atomic mass is 32.1. The number of carbonyl (C=O) groups excluding carboxylic acids is 5. The zero-order valence-corrected chi connectivity index (χ0v) is 32.4. The number of rotatable bonds is 16. The zero-order valence-electron chi connectivity index (χ0n) is 31.6. The van der Waals surface area contributed by atoms with Gasteiger partial charge in [0.1, 0.15) is 23.7 Å². The molecule has 13 nitrogen and oxygen atoms in total. The highest BCUT2D eigenvalue weighted by Gasteiger charge is 2.41. The van der Waals surface area contributed by atoms with Gasteiger partial charge >= 0.3 is 0 Å². The molecule has 2 aromatic heterocycles. The van der Waals surface area contributed by atoms with E-state index in [2.05, 4.69) is 31.6 Å². The Balaban J connectivity index is 1.32. The second-order valence-electron chi connectivity index (χ2n) is 14.9. The number of hydrogen-bond donors (Lipinski definition) is 8. The summed E-state index contributed by atoms with van der Waals surface area (Å²) in [5, 5.41) is 18.6. The number of para-hydroxylation sites is 1. The van der Waals surface area contributed by atoms with Crippen molar-refractivity contribution in [2.24, 2.45) is 17.4 Å². The average molecular weight is 779 g/mol. The van der Waals surface area contributed by atoms with Crippen molar-refractivity contribution in [3.8, 4) is 0 Å². The van der Waals surface area contributed by atoms with E-state index in [-0.39, 0.29) is 25.2 Å². The summed E-state index contributed by atoms with van der Waals surface area (Å²) in [6, 6.07) is 20.4. The van der Waals surface area contributed by atoms with E-state index in [0.29, 0.717) is 25.9 Å². The molecule has 0 radical (unpaired) electrons. The van der Waals surface area contributed by atoms with Gasteiger partial charge in [0, 0.05) is 41.1 Å². The summed E-state index contributed by atoms with van der Waals surface area (Å²) in [4.78, 5) is 72.5. The Hall–Kier alpha value is -5.57. The maximum absolute atomic E-state index is 14.6. The van der Waals surface area contributed by atoms with Crippen molar-refractivity contribution in [3.63, 3.8) is 0 Å². The number of thiophene rings is 1. The van der Waals surface area contributed by atoms with Crippen molar-refractivity contribution in [3.05, 3.63) is 107 Å². The van der Waals surface area contributed by atoms with Crippen LogP contribution in [0, 0.1) is 5.92 Å². The molecule has 3 heterocycles. The van der Waals surface area contributed by atoms with Gasteiger partial charge in [-0.15, -0.1) is 11.3 Å². The lowest BCUT2D eigenvalue weighted by molar-refractivity contribution is -0.136. The molecule has 56 heavy (non-hydrogen) atoms. The number of amides is 5. The first-order chi connectivity index (χ1) is 26.9. The van der Waals surface area contributed by atoms with E-state index in [1.54, 1.807) is 6.20 Å². The number of carbonyl (C=O) groups is 5. The second-order valence-corrected chi connectivity index (χ2v) is 15.8. The van der Waals surface area contributed by atoms with Crippen LogP contribution >= 0.6 is 11.3 Å². The van der Waals surface area contributed by atoms with Crippen LogP contribution in [0.4, 0.5) is 0 Å². The van der Waals surface area contributed by atoms with Crippen LogP contribution in [0.1, 0.15) is 43.4 Å². The van der Waals surface area contributed by atoms with Crippen LogP contribution < -0.4 is 38.1 Å². The summed E-state index contributed by atoms with van der Waals surface area (Å²) in [6.07, 6.45) is 2.70. The number of primary amides is 1. The maximum Gasteiger partial charge on any atom is 0.243 e. The van der Waals surface area contributed by atoms with Crippen molar-refractivity contribution >= 4 is 61.9 Å². The molecule has 1 aliphatic rings. The summed E-state index contributed by atoms with van der Waals surface area (Å²) in [5.74, 6) is -3.10. The molecule has 6 rings (SSSR count). The van der Waals surface area contributed by atoms with Crippen LogP contribution in [-0.2, 0) is 43.2 Å². The third-order valence-electron chi connectivity index (χ3n) is 10.6. The summed E-state index contributed by atoms with van der Waals surface area (Å²) in [6.45, 7) is 4.62. The fraction of sp³-hybridized carbons (Fsp3) is 0.357. The SMILES string of the molecule is CC(C)[C@@H](N)C(=O)N[C@H](Cc1csc2ccccc12)C(=O)N[C@H](Cc1c[nH]c2ccccc12)C(=O)N[C@@H](Cc1ccccc1)C(=O)NC1(C(N)=O)CCNCC1. The number of aromatic amines is 1. The monoisotopic (exact) mass is 778 g/mol. The fourth-order valence-corrected chi connectivity index (χ4v) is 8.11. The van der Waals surface area contributed by atoms with Gasteiger partial charge in [0.05, 0.1) is 6.04 Å². The molecule has 1 aliphatic heterocycles. The molecular weight excluding hydrogens is 729 g/mol. The van der Waals surface area contributed by atoms with Gasteiger partial charge in [0.25, 0.3) is 0 Å². The van der Waals surface area contributed by atoms with Gasteiger partial charge in [-0.1, -0.05) is 80.6 Å². The van der Waals surface area contributed by atoms with E-state index in [0.717, 1.165) is 37.7 Å². The lowest BCUT2D eigenvalue weighted by atomic mass is 9.87. The van der Waals surface area contributed by atoms with Crippen molar-refractivity contribution < 1.29 is 24.0 Å². The normalized spacial score (nSPS) is 16.1. The molecule has 14 heteroatoms. The Morgan fingerprint density at radius 3 is 1.95 bits per heavy atom. The van der Waals surface area contributed by atoms with Gasteiger partial charge in [0.15, 0.2) is 0 Å². The molecular formula is C42H50N8O5S. The summed E-state index contributed by atoms with van der Waals surface area (Å²) >= 11 is 1.54. The van der Waals surface area contributed by atoms with E-state index in [1.807, 2.05) is 98.1 Å². The quantitative estimate of drug-likeness (QED) is 0.0749. The number of piperidine rings is 1. The Morgan fingerprint density at radius 1 is 0.714 bits per heavy atom. The topological polar surface area (TPSA) is 213 Å². The summed E-state index contributed by atoms with van der Waals surface area (Å²) < 4.78 is 1.04. The van der Waals surface area contributed by atoms with Gasteiger partial charge in [-0.2, -0.15) is 0 Å². The lowest BCUT2D eigenvalue weighted by Crippen LogP contribution is -2.65. The van der Waals surface area contributed by atoms with E-state index >= 15 is 0 Å². The smallest absolute Gasteiger partial charge is 0.243 e. The largest absolute Gasteiger partial charge is 0.368 e. The predicted molar refractivity (Wildman–Crippen MR) is 218 cm³/mol. The van der Waals surface area contributed by atoms with Crippen LogP contribution in [0.25, 0.3) is 21.0 Å². The Morgan fingerprint density at radius 2 is 1.29 bits per heavy atom. The molecule has 4 atom stereocenters. The molecule has 5 amide bonds. The van der Waals surface area contributed by atoms with E-state index in [4.69, 9.17) is 11.5 Å². The van der Waals surface area contributed by atoms with Gasteiger partial charge < -0.3 is 43.0 Å². The first kappa shape index (κ1) is 40.1. The minimum atomic E-state index is -1.28. The number of H-pyrrole nitrogens is 1. The van der Waals surface area contributed by atoms with Crippen molar-refractivity contribution in [2.45, 2.75) is 75.7 Å². The molecule has 1 saturated heterocycles.